The van der Waals surface area contributed by atoms with Crippen LogP contribution in [0.1, 0.15) is 11.8 Å². The van der Waals surface area contributed by atoms with Crippen LogP contribution in [0.5, 0.6) is 5.75 Å². The van der Waals surface area contributed by atoms with Crippen LogP contribution < -0.4 is 10.1 Å². The molecule has 1 aliphatic rings. The molecule has 0 aliphatic carbocycles. The molecule has 0 radical (unpaired) electrons. The van der Waals surface area contributed by atoms with Crippen LogP contribution in [0, 0.1) is 0 Å². The fourth-order valence-corrected chi connectivity index (χ4v) is 9.17. The zero-order valence-electron chi connectivity index (χ0n) is 26.4. The first-order chi connectivity index (χ1) is 24.3. The summed E-state index contributed by atoms with van der Waals surface area (Å²) in [5, 5.41) is 13.8. The van der Waals surface area contributed by atoms with Crippen molar-refractivity contribution in [2.75, 3.05) is 5.32 Å². The normalized spacial score (nSPS) is 14.2. The van der Waals surface area contributed by atoms with Crippen LogP contribution in [0.15, 0.2) is 158 Å². The van der Waals surface area contributed by atoms with Crippen LogP contribution in [0.25, 0.3) is 80.3 Å². The zero-order valence-corrected chi connectivity index (χ0v) is 27.2. The van der Waals surface area contributed by atoms with Crippen LogP contribution >= 0.6 is 11.3 Å². The zero-order chi connectivity index (χ0) is 32.1. The lowest BCUT2D eigenvalue weighted by atomic mass is 9.98. The Balaban J connectivity index is 1.03. The molecule has 0 bridgehead atoms. The third-order valence-electron chi connectivity index (χ3n) is 10.2. The van der Waals surface area contributed by atoms with E-state index in [4.69, 9.17) is 4.74 Å². The monoisotopic (exact) mass is 644 g/mol. The first kappa shape index (κ1) is 26.9. The average molecular weight is 645 g/mol. The number of hydrogen-bond donors (Lipinski definition) is 1. The third-order valence-corrected chi connectivity index (χ3v) is 11.4. The summed E-state index contributed by atoms with van der Waals surface area (Å²) >= 11 is 1.86. The number of thiophene rings is 1. The molecule has 0 fully saturated rings. The van der Waals surface area contributed by atoms with Gasteiger partial charge in [-0.2, -0.15) is 0 Å². The highest BCUT2D eigenvalue weighted by Crippen LogP contribution is 2.52. The fraction of sp³-hybridized carbons (Fsp3) is 0.0222. The molecule has 8 aromatic carbocycles. The van der Waals surface area contributed by atoms with Gasteiger partial charge in [0.15, 0.2) is 6.23 Å². The van der Waals surface area contributed by atoms with E-state index < -0.39 is 0 Å². The van der Waals surface area contributed by atoms with Gasteiger partial charge in [0.05, 0.1) is 16.7 Å². The molecule has 49 heavy (non-hydrogen) atoms. The van der Waals surface area contributed by atoms with Crippen LogP contribution in [-0.2, 0) is 0 Å². The van der Waals surface area contributed by atoms with E-state index in [1.807, 2.05) is 11.3 Å². The number of rotatable bonds is 3. The van der Waals surface area contributed by atoms with E-state index in [0.29, 0.717) is 0 Å². The summed E-state index contributed by atoms with van der Waals surface area (Å²) in [7, 11) is 0. The minimum absolute atomic E-state index is 0.295. The number of aromatic nitrogens is 1. The predicted molar refractivity (Wildman–Crippen MR) is 208 cm³/mol. The SMILES string of the molecule is c1ccc2cc(-c3cc4c(c5c3sc3ccccc35)NC(c3ccc(-n5c6ccccc6c6ccc7ccccc7c65)cc3)O4)ccc2c1. The van der Waals surface area contributed by atoms with Crippen LogP contribution in [-0.4, -0.2) is 4.57 Å². The lowest BCUT2D eigenvalue weighted by molar-refractivity contribution is 0.260. The summed E-state index contributed by atoms with van der Waals surface area (Å²) in [5.41, 5.74) is 8.14. The van der Waals surface area contributed by atoms with Crippen LogP contribution in [0.4, 0.5) is 5.69 Å². The number of anilines is 1. The molecule has 0 amide bonds. The van der Waals surface area contributed by atoms with Gasteiger partial charge < -0.3 is 14.6 Å². The van der Waals surface area contributed by atoms with E-state index in [2.05, 4.69) is 168 Å². The summed E-state index contributed by atoms with van der Waals surface area (Å²) in [5.74, 6) is 0.891. The maximum atomic E-state index is 6.78. The molecular formula is C45H28N2OS. The van der Waals surface area contributed by atoms with Gasteiger partial charge in [0.25, 0.3) is 0 Å². The first-order valence-corrected chi connectivity index (χ1v) is 17.5. The van der Waals surface area contributed by atoms with Crippen molar-refractivity contribution in [1.29, 1.82) is 0 Å². The van der Waals surface area contributed by atoms with Gasteiger partial charge in [-0.1, -0.05) is 121 Å². The molecule has 11 rings (SSSR count). The van der Waals surface area contributed by atoms with Gasteiger partial charge >= 0.3 is 0 Å². The van der Waals surface area contributed by atoms with Crippen LogP contribution in [0.3, 0.4) is 0 Å². The standard InChI is InChI=1S/C45H28N2OS/c1-2-11-30-25-31(18-17-27(30)9-1)37-26-39-42(41-36-14-6-8-16-40(36)49-44(37)41)46-45(48-39)29-19-22-32(23-20-29)47-38-15-7-5-13-34(38)35-24-21-28-10-3-4-12-33(28)43(35)47/h1-26,45-46H. The van der Waals surface area contributed by atoms with Gasteiger partial charge in [-0.3, -0.25) is 0 Å². The molecule has 0 spiro atoms. The molecule has 3 nitrogen and oxygen atoms in total. The Kier molecular flexibility index (Phi) is 5.60. The Morgan fingerprint density at radius 1 is 0.571 bits per heavy atom. The van der Waals surface area contributed by atoms with Crippen molar-refractivity contribution in [2.45, 2.75) is 6.23 Å². The van der Waals surface area contributed by atoms with E-state index in [-0.39, 0.29) is 6.23 Å². The quantitative estimate of drug-likeness (QED) is 0.207. The molecule has 10 aromatic rings. The van der Waals surface area contributed by atoms with Crippen molar-refractivity contribution >= 4 is 80.5 Å². The highest BCUT2D eigenvalue weighted by atomic mass is 32.1. The van der Waals surface area contributed by atoms with Crippen molar-refractivity contribution in [1.82, 2.24) is 4.57 Å². The van der Waals surface area contributed by atoms with E-state index >= 15 is 0 Å². The van der Waals surface area contributed by atoms with Crippen molar-refractivity contribution < 1.29 is 4.74 Å². The highest BCUT2D eigenvalue weighted by Gasteiger charge is 2.29. The first-order valence-electron chi connectivity index (χ1n) is 16.7. The van der Waals surface area contributed by atoms with E-state index in [1.165, 1.54) is 74.6 Å². The number of benzene rings is 8. The number of fused-ring (bicyclic) bond motifs is 11. The van der Waals surface area contributed by atoms with Crippen molar-refractivity contribution in [3.63, 3.8) is 0 Å². The van der Waals surface area contributed by atoms with Gasteiger partial charge in [0, 0.05) is 53.1 Å². The second-order valence-corrected chi connectivity index (χ2v) is 14.0. The summed E-state index contributed by atoms with van der Waals surface area (Å²) in [6, 6.07) is 57.0. The lowest BCUT2D eigenvalue weighted by Gasteiger charge is -2.14. The molecule has 1 atom stereocenters. The van der Waals surface area contributed by atoms with Crippen molar-refractivity contribution in [3.8, 4) is 22.6 Å². The Hall–Kier alpha value is -6.10. The Morgan fingerprint density at radius 3 is 2.16 bits per heavy atom. The number of nitrogens with zero attached hydrogens (tertiary/aromatic N) is 1. The molecule has 230 valence electrons. The molecule has 1 N–H and O–H groups in total. The summed E-state index contributed by atoms with van der Waals surface area (Å²) in [4.78, 5) is 0. The largest absolute Gasteiger partial charge is 0.464 e. The van der Waals surface area contributed by atoms with Crippen molar-refractivity contribution in [2.24, 2.45) is 0 Å². The minimum Gasteiger partial charge on any atom is -0.464 e. The Morgan fingerprint density at radius 2 is 1.29 bits per heavy atom. The van der Waals surface area contributed by atoms with Gasteiger partial charge in [-0.15, -0.1) is 11.3 Å². The smallest absolute Gasteiger partial charge is 0.196 e. The van der Waals surface area contributed by atoms with Crippen molar-refractivity contribution in [3.05, 3.63) is 163 Å². The third kappa shape index (κ3) is 3.95. The second-order valence-electron chi connectivity index (χ2n) is 12.9. The number of nitrogens with one attached hydrogen (secondary N) is 1. The molecular weight excluding hydrogens is 617 g/mol. The maximum Gasteiger partial charge on any atom is 0.196 e. The second kappa shape index (κ2) is 10.2. The number of hydrogen-bond acceptors (Lipinski definition) is 3. The average Bonchev–Trinajstić information content (AvgIpc) is 3.86. The summed E-state index contributed by atoms with van der Waals surface area (Å²) in [6.45, 7) is 0. The lowest BCUT2D eigenvalue weighted by Crippen LogP contribution is -2.10. The molecule has 2 aromatic heterocycles. The van der Waals surface area contributed by atoms with Gasteiger partial charge in [0.2, 0.25) is 0 Å². The maximum absolute atomic E-state index is 6.78. The summed E-state index contributed by atoms with van der Waals surface area (Å²) < 4.78 is 11.8. The minimum atomic E-state index is -0.295. The molecule has 3 heterocycles. The predicted octanol–water partition coefficient (Wildman–Crippen LogP) is 12.6. The summed E-state index contributed by atoms with van der Waals surface area (Å²) in [6.07, 6.45) is -0.295. The molecule has 1 aliphatic heterocycles. The number of para-hydroxylation sites is 1. The molecule has 0 saturated carbocycles. The van der Waals surface area contributed by atoms with Crippen LogP contribution in [0.2, 0.25) is 0 Å². The molecule has 1 unspecified atom stereocenters. The van der Waals surface area contributed by atoms with E-state index in [1.54, 1.807) is 0 Å². The molecule has 4 heteroatoms. The van der Waals surface area contributed by atoms with Gasteiger partial charge in [0.1, 0.15) is 5.75 Å². The van der Waals surface area contributed by atoms with E-state index in [0.717, 1.165) is 22.7 Å². The fourth-order valence-electron chi connectivity index (χ4n) is 7.92. The Bertz CT molecular complexity index is 2950. The Labute approximate surface area is 286 Å². The number of ether oxygens (including phenoxy) is 1. The topological polar surface area (TPSA) is 26.2 Å². The van der Waals surface area contributed by atoms with E-state index in [9.17, 15) is 0 Å². The molecule has 0 saturated heterocycles. The van der Waals surface area contributed by atoms with Gasteiger partial charge in [-0.25, -0.2) is 0 Å². The highest BCUT2D eigenvalue weighted by molar-refractivity contribution is 7.26. The van der Waals surface area contributed by atoms with Gasteiger partial charge in [-0.05, 0) is 58.1 Å².